The van der Waals surface area contributed by atoms with Crippen LogP contribution >= 0.6 is 0 Å². The zero-order chi connectivity index (χ0) is 18.9. The molecule has 2 aromatic rings. The van der Waals surface area contributed by atoms with Gasteiger partial charge in [-0.2, -0.15) is 13.2 Å². The Balaban J connectivity index is 1.53. The van der Waals surface area contributed by atoms with Gasteiger partial charge in [-0.3, -0.25) is 0 Å². The highest BCUT2D eigenvalue weighted by Crippen LogP contribution is 2.38. The summed E-state index contributed by atoms with van der Waals surface area (Å²) < 4.78 is 46.1. The number of hydrogen-bond acceptors (Lipinski definition) is 5. The van der Waals surface area contributed by atoms with Gasteiger partial charge in [-0.05, 0) is 36.6 Å². The Hall–Kier alpha value is -2.35. The van der Waals surface area contributed by atoms with Crippen molar-refractivity contribution in [2.75, 3.05) is 36.5 Å². The third-order valence-electron chi connectivity index (χ3n) is 4.85. The third kappa shape index (κ3) is 4.32. The molecule has 2 fully saturated rings. The lowest BCUT2D eigenvalue weighted by atomic mass is 10.0. The predicted molar refractivity (Wildman–Crippen MR) is 95.8 cm³/mol. The first kappa shape index (κ1) is 18.0. The van der Waals surface area contributed by atoms with Crippen LogP contribution < -0.4 is 10.2 Å². The predicted octanol–water partition coefficient (Wildman–Crippen LogP) is 3.82. The summed E-state index contributed by atoms with van der Waals surface area (Å²) in [4.78, 5) is 10.6. The Morgan fingerprint density at radius 2 is 1.93 bits per heavy atom. The van der Waals surface area contributed by atoms with Crippen LogP contribution in [0.25, 0.3) is 0 Å². The molecule has 27 heavy (non-hydrogen) atoms. The van der Waals surface area contributed by atoms with Gasteiger partial charge >= 0.3 is 6.18 Å². The van der Waals surface area contributed by atoms with Crippen LogP contribution in [0.5, 0.6) is 0 Å². The molecule has 0 unspecified atom stereocenters. The monoisotopic (exact) mass is 378 g/mol. The molecule has 5 nitrogen and oxygen atoms in total. The van der Waals surface area contributed by atoms with Crippen molar-refractivity contribution < 1.29 is 17.9 Å². The van der Waals surface area contributed by atoms with Crippen molar-refractivity contribution in [1.82, 2.24) is 9.97 Å². The molecule has 144 valence electrons. The maximum Gasteiger partial charge on any atom is 0.416 e. The number of nitrogens with one attached hydrogen (secondary N) is 1. The molecule has 1 aromatic heterocycles. The minimum absolute atomic E-state index is 0.0549. The lowest BCUT2D eigenvalue weighted by Crippen LogP contribution is -2.36. The molecule has 1 aliphatic heterocycles. The molecule has 0 radical (unpaired) electrons. The number of nitrogens with zero attached hydrogens (tertiary/aromatic N) is 3. The minimum atomic E-state index is -4.41. The van der Waals surface area contributed by atoms with Crippen molar-refractivity contribution in [2.45, 2.75) is 31.5 Å². The van der Waals surface area contributed by atoms with E-state index in [1.54, 1.807) is 24.4 Å². The van der Waals surface area contributed by atoms with E-state index in [9.17, 15) is 13.2 Å². The summed E-state index contributed by atoms with van der Waals surface area (Å²) in [6, 6.07) is 6.20. The molecule has 1 aromatic carbocycles. The van der Waals surface area contributed by atoms with Gasteiger partial charge in [-0.1, -0.05) is 6.07 Å². The van der Waals surface area contributed by atoms with Crippen LogP contribution in [0, 0.1) is 0 Å². The highest BCUT2D eigenvalue weighted by Gasteiger charge is 2.34. The second kappa shape index (κ2) is 7.34. The second-order valence-corrected chi connectivity index (χ2v) is 6.87. The number of halogens is 3. The van der Waals surface area contributed by atoms with Crippen molar-refractivity contribution in [1.29, 1.82) is 0 Å². The van der Waals surface area contributed by atoms with Crippen LogP contribution in [0.4, 0.5) is 24.7 Å². The Labute approximate surface area is 155 Å². The van der Waals surface area contributed by atoms with E-state index < -0.39 is 11.7 Å². The molecular weight excluding hydrogens is 357 g/mol. The minimum Gasteiger partial charge on any atom is -0.378 e. The summed E-state index contributed by atoms with van der Waals surface area (Å²) in [6.45, 7) is 2.31. The molecule has 1 saturated carbocycles. The van der Waals surface area contributed by atoms with Gasteiger partial charge in [0, 0.05) is 37.4 Å². The molecule has 1 N–H and O–H groups in total. The number of ether oxygens (including phenoxy) is 1. The van der Waals surface area contributed by atoms with Gasteiger partial charge in [0.15, 0.2) is 0 Å². The van der Waals surface area contributed by atoms with Gasteiger partial charge in [-0.25, -0.2) is 9.97 Å². The number of alkyl halides is 3. The quantitative estimate of drug-likeness (QED) is 0.857. The number of anilines is 2. The summed E-state index contributed by atoms with van der Waals surface area (Å²) in [5.41, 5.74) is 0.161. The summed E-state index contributed by atoms with van der Waals surface area (Å²) in [7, 11) is 0. The zero-order valence-electron chi connectivity index (χ0n) is 14.8. The van der Waals surface area contributed by atoms with Gasteiger partial charge in [0.25, 0.3) is 0 Å². The van der Waals surface area contributed by atoms with Crippen molar-refractivity contribution in [3.8, 4) is 0 Å². The fourth-order valence-corrected chi connectivity index (χ4v) is 3.20. The summed E-state index contributed by atoms with van der Waals surface area (Å²) >= 11 is 0. The molecule has 0 atom stereocenters. The first-order valence-corrected chi connectivity index (χ1v) is 9.10. The van der Waals surface area contributed by atoms with E-state index in [1.807, 2.05) is 4.90 Å². The average molecular weight is 378 g/mol. The summed E-state index contributed by atoms with van der Waals surface area (Å²) in [5.74, 6) is 1.71. The maximum absolute atomic E-state index is 13.6. The van der Waals surface area contributed by atoms with Crippen LogP contribution in [0.2, 0.25) is 0 Å². The Kier molecular flexibility index (Phi) is 4.90. The first-order chi connectivity index (χ1) is 13.0. The molecule has 4 rings (SSSR count). The standard InChI is InChI=1S/C19H21F3N4O/c20-19(21,22)16-11-15(26-7-9-27-10-8-26)4-3-14(16)12-24-17-5-6-23-18(25-17)13-1-2-13/h3-6,11,13H,1-2,7-10,12H2,(H,23,24,25). The molecule has 0 bridgehead atoms. The van der Waals surface area contributed by atoms with Crippen molar-refractivity contribution in [2.24, 2.45) is 0 Å². The maximum atomic E-state index is 13.6. The number of morpholine rings is 1. The number of rotatable bonds is 5. The van der Waals surface area contributed by atoms with Gasteiger partial charge in [0.2, 0.25) is 0 Å². The lowest BCUT2D eigenvalue weighted by Gasteiger charge is -2.29. The van der Waals surface area contributed by atoms with Crippen LogP contribution in [-0.2, 0) is 17.5 Å². The number of aromatic nitrogens is 2. The van der Waals surface area contributed by atoms with Gasteiger partial charge < -0.3 is 15.0 Å². The SMILES string of the molecule is FC(F)(F)c1cc(N2CCOCC2)ccc1CNc1ccnc(C2CC2)n1. The molecule has 8 heteroatoms. The highest BCUT2D eigenvalue weighted by atomic mass is 19.4. The van der Waals surface area contributed by atoms with E-state index in [0.717, 1.165) is 18.7 Å². The molecule has 2 heterocycles. The fraction of sp³-hybridized carbons (Fsp3) is 0.474. The fourth-order valence-electron chi connectivity index (χ4n) is 3.20. The molecule has 2 aliphatic rings. The molecular formula is C19H21F3N4O. The van der Waals surface area contributed by atoms with Gasteiger partial charge in [0.1, 0.15) is 11.6 Å². The molecule has 1 aliphatic carbocycles. The Bertz CT molecular complexity index is 802. The first-order valence-electron chi connectivity index (χ1n) is 9.10. The molecule has 1 saturated heterocycles. The van der Waals surface area contributed by atoms with Crippen molar-refractivity contribution in [3.63, 3.8) is 0 Å². The van der Waals surface area contributed by atoms with E-state index in [4.69, 9.17) is 4.74 Å². The van der Waals surface area contributed by atoms with E-state index >= 15 is 0 Å². The average Bonchev–Trinajstić information content (AvgIpc) is 3.52. The van der Waals surface area contributed by atoms with Crippen molar-refractivity contribution in [3.05, 3.63) is 47.4 Å². The topological polar surface area (TPSA) is 50.3 Å². The van der Waals surface area contributed by atoms with E-state index in [1.165, 1.54) is 6.07 Å². The smallest absolute Gasteiger partial charge is 0.378 e. The normalized spacial score (nSPS) is 17.8. The Morgan fingerprint density at radius 3 is 2.63 bits per heavy atom. The summed E-state index contributed by atoms with van der Waals surface area (Å²) in [5, 5.41) is 3.01. The Morgan fingerprint density at radius 1 is 1.15 bits per heavy atom. The highest BCUT2D eigenvalue weighted by molar-refractivity contribution is 5.53. The van der Waals surface area contributed by atoms with Crippen LogP contribution in [0.3, 0.4) is 0 Å². The third-order valence-corrected chi connectivity index (χ3v) is 4.85. The van der Waals surface area contributed by atoms with Gasteiger partial charge in [0.05, 0.1) is 18.8 Å². The van der Waals surface area contributed by atoms with Crippen LogP contribution in [-0.4, -0.2) is 36.3 Å². The van der Waals surface area contributed by atoms with Crippen LogP contribution in [0.15, 0.2) is 30.5 Å². The second-order valence-electron chi connectivity index (χ2n) is 6.87. The van der Waals surface area contributed by atoms with Crippen molar-refractivity contribution >= 4 is 11.5 Å². The zero-order valence-corrected chi connectivity index (χ0v) is 14.8. The van der Waals surface area contributed by atoms with Crippen LogP contribution in [0.1, 0.15) is 35.7 Å². The summed E-state index contributed by atoms with van der Waals surface area (Å²) in [6.07, 6.45) is -0.616. The number of benzene rings is 1. The molecule has 0 spiro atoms. The largest absolute Gasteiger partial charge is 0.416 e. The molecule has 0 amide bonds. The van der Waals surface area contributed by atoms with E-state index in [0.29, 0.717) is 43.7 Å². The van der Waals surface area contributed by atoms with E-state index in [-0.39, 0.29) is 12.1 Å². The lowest BCUT2D eigenvalue weighted by molar-refractivity contribution is -0.138. The van der Waals surface area contributed by atoms with E-state index in [2.05, 4.69) is 15.3 Å². The number of hydrogen-bond donors (Lipinski definition) is 1. The van der Waals surface area contributed by atoms with Gasteiger partial charge in [-0.15, -0.1) is 0 Å².